The van der Waals surface area contributed by atoms with Crippen molar-refractivity contribution in [2.45, 2.75) is 58.9 Å². The molecule has 0 saturated carbocycles. The SMILES string of the molecule is CCOC(=O)C1=C(C)N(Cc2ccc(C(=O)N3CCCCC3)cc2)C(=O)CC1c1ccc(C)cc1. The molecule has 1 unspecified atom stereocenters. The molecule has 2 amide bonds. The maximum absolute atomic E-state index is 13.2. The Labute approximate surface area is 207 Å². The quantitative estimate of drug-likeness (QED) is 0.554. The Hall–Kier alpha value is -3.41. The maximum Gasteiger partial charge on any atom is 0.336 e. The van der Waals surface area contributed by atoms with Crippen LogP contribution in [0.2, 0.25) is 0 Å². The zero-order chi connectivity index (χ0) is 24.9. The van der Waals surface area contributed by atoms with E-state index in [4.69, 9.17) is 4.74 Å². The van der Waals surface area contributed by atoms with E-state index in [-0.39, 0.29) is 36.7 Å². The Morgan fingerprint density at radius 1 is 0.943 bits per heavy atom. The van der Waals surface area contributed by atoms with Gasteiger partial charge >= 0.3 is 5.97 Å². The number of allylic oxidation sites excluding steroid dienone is 1. The van der Waals surface area contributed by atoms with Gasteiger partial charge in [0, 0.05) is 36.7 Å². The molecule has 1 atom stereocenters. The van der Waals surface area contributed by atoms with Crippen LogP contribution < -0.4 is 0 Å². The van der Waals surface area contributed by atoms with Gasteiger partial charge in [-0.05, 0) is 63.3 Å². The molecular weight excluding hydrogens is 440 g/mol. The molecule has 184 valence electrons. The number of carbonyl (C=O) groups excluding carboxylic acids is 3. The van der Waals surface area contributed by atoms with Gasteiger partial charge in [0.05, 0.1) is 18.7 Å². The van der Waals surface area contributed by atoms with Gasteiger partial charge in [0.15, 0.2) is 0 Å². The second-order valence-corrected chi connectivity index (χ2v) is 9.42. The highest BCUT2D eigenvalue weighted by molar-refractivity contribution is 5.96. The van der Waals surface area contributed by atoms with Gasteiger partial charge in [-0.1, -0.05) is 42.0 Å². The van der Waals surface area contributed by atoms with E-state index in [1.807, 2.05) is 67.3 Å². The van der Waals surface area contributed by atoms with Gasteiger partial charge in [-0.25, -0.2) is 4.79 Å². The van der Waals surface area contributed by atoms with E-state index in [0.717, 1.165) is 42.6 Å². The lowest BCUT2D eigenvalue weighted by Crippen LogP contribution is -2.38. The van der Waals surface area contributed by atoms with Crippen molar-refractivity contribution in [2.75, 3.05) is 19.7 Å². The van der Waals surface area contributed by atoms with Crippen LogP contribution in [0.1, 0.15) is 72.5 Å². The van der Waals surface area contributed by atoms with Gasteiger partial charge in [-0.15, -0.1) is 0 Å². The number of carbonyl (C=O) groups is 3. The summed E-state index contributed by atoms with van der Waals surface area (Å²) in [5, 5.41) is 0. The van der Waals surface area contributed by atoms with Crippen LogP contribution in [0.25, 0.3) is 0 Å². The smallest absolute Gasteiger partial charge is 0.336 e. The van der Waals surface area contributed by atoms with Crippen molar-refractivity contribution in [1.82, 2.24) is 9.80 Å². The Morgan fingerprint density at radius 3 is 2.23 bits per heavy atom. The molecular formula is C29H34N2O4. The number of esters is 1. The van der Waals surface area contributed by atoms with Gasteiger partial charge in [0.2, 0.25) is 5.91 Å². The highest BCUT2D eigenvalue weighted by atomic mass is 16.5. The first-order chi connectivity index (χ1) is 16.9. The highest BCUT2D eigenvalue weighted by Gasteiger charge is 2.36. The van der Waals surface area contributed by atoms with E-state index in [9.17, 15) is 14.4 Å². The molecule has 2 aromatic rings. The standard InChI is InChI=1S/C29H34N2O4/c1-4-35-29(34)27-21(3)31(26(32)18-25(27)23-12-8-20(2)9-13-23)19-22-10-14-24(15-11-22)28(33)30-16-6-5-7-17-30/h8-15,25H,4-7,16-19H2,1-3H3. The maximum atomic E-state index is 13.2. The second-order valence-electron chi connectivity index (χ2n) is 9.42. The van der Waals surface area contributed by atoms with Crippen LogP contribution in [-0.4, -0.2) is 47.3 Å². The molecule has 6 nitrogen and oxygen atoms in total. The third-order valence-electron chi connectivity index (χ3n) is 6.98. The zero-order valence-corrected chi connectivity index (χ0v) is 20.9. The van der Waals surface area contributed by atoms with E-state index < -0.39 is 0 Å². The van der Waals surface area contributed by atoms with E-state index in [1.165, 1.54) is 6.42 Å². The number of hydrogen-bond donors (Lipinski definition) is 0. The molecule has 1 fully saturated rings. The summed E-state index contributed by atoms with van der Waals surface area (Å²) in [6.07, 6.45) is 3.50. The first kappa shape index (κ1) is 24.7. The number of rotatable bonds is 6. The molecule has 2 heterocycles. The Kier molecular flexibility index (Phi) is 7.69. The van der Waals surface area contributed by atoms with Gasteiger partial charge in [0.25, 0.3) is 5.91 Å². The van der Waals surface area contributed by atoms with Gasteiger partial charge in [-0.2, -0.15) is 0 Å². The molecule has 0 aromatic heterocycles. The predicted octanol–water partition coefficient (Wildman–Crippen LogP) is 4.97. The summed E-state index contributed by atoms with van der Waals surface area (Å²) in [6.45, 7) is 7.85. The average molecular weight is 475 g/mol. The number of aryl methyl sites for hydroxylation is 1. The summed E-state index contributed by atoms with van der Waals surface area (Å²) >= 11 is 0. The number of nitrogens with zero attached hydrogens (tertiary/aromatic N) is 2. The molecule has 0 aliphatic carbocycles. The van der Waals surface area contributed by atoms with Crippen molar-refractivity contribution in [2.24, 2.45) is 0 Å². The number of ether oxygens (including phenoxy) is 1. The Bertz CT molecular complexity index is 1110. The summed E-state index contributed by atoms with van der Waals surface area (Å²) in [7, 11) is 0. The third kappa shape index (κ3) is 5.47. The minimum Gasteiger partial charge on any atom is -0.463 e. The Balaban J connectivity index is 1.58. The summed E-state index contributed by atoms with van der Waals surface area (Å²) in [6, 6.07) is 15.4. The summed E-state index contributed by atoms with van der Waals surface area (Å²) in [4.78, 5) is 42.6. The van der Waals surface area contributed by atoms with E-state index in [2.05, 4.69) is 0 Å². The summed E-state index contributed by atoms with van der Waals surface area (Å²) in [5.74, 6) is -0.681. The van der Waals surface area contributed by atoms with Crippen molar-refractivity contribution in [3.8, 4) is 0 Å². The van der Waals surface area contributed by atoms with Crippen LogP contribution in [0.5, 0.6) is 0 Å². The number of benzene rings is 2. The minimum atomic E-state index is -0.379. The lowest BCUT2D eigenvalue weighted by molar-refractivity contribution is -0.140. The molecule has 4 rings (SSSR count). The van der Waals surface area contributed by atoms with Crippen LogP contribution in [0.15, 0.2) is 59.8 Å². The predicted molar refractivity (Wildman–Crippen MR) is 135 cm³/mol. The number of piperidine rings is 1. The highest BCUT2D eigenvalue weighted by Crippen LogP contribution is 2.37. The molecule has 0 spiro atoms. The van der Waals surface area contributed by atoms with Crippen LogP contribution >= 0.6 is 0 Å². The minimum absolute atomic E-state index is 0.0328. The lowest BCUT2D eigenvalue weighted by Gasteiger charge is -2.34. The number of hydrogen-bond acceptors (Lipinski definition) is 4. The molecule has 2 aliphatic rings. The first-order valence-electron chi connectivity index (χ1n) is 12.5. The molecule has 2 aromatic carbocycles. The van der Waals surface area contributed by atoms with Crippen molar-refractivity contribution in [3.63, 3.8) is 0 Å². The molecule has 35 heavy (non-hydrogen) atoms. The largest absolute Gasteiger partial charge is 0.463 e. The van der Waals surface area contributed by atoms with Crippen LogP contribution in [0.3, 0.4) is 0 Å². The second kappa shape index (κ2) is 10.9. The normalized spacial score (nSPS) is 18.6. The van der Waals surface area contributed by atoms with Gasteiger partial charge in [0.1, 0.15) is 0 Å². The van der Waals surface area contributed by atoms with Crippen molar-refractivity contribution in [3.05, 3.63) is 82.1 Å². The van der Waals surface area contributed by atoms with Crippen LogP contribution in [0.4, 0.5) is 0 Å². The van der Waals surface area contributed by atoms with E-state index >= 15 is 0 Å². The van der Waals surface area contributed by atoms with Gasteiger partial charge < -0.3 is 14.5 Å². The monoisotopic (exact) mass is 474 g/mol. The summed E-state index contributed by atoms with van der Waals surface area (Å²) in [5.41, 5.74) is 4.79. The van der Waals surface area contributed by atoms with Crippen LogP contribution in [0, 0.1) is 6.92 Å². The van der Waals surface area contributed by atoms with Crippen molar-refractivity contribution >= 4 is 17.8 Å². The van der Waals surface area contributed by atoms with Crippen molar-refractivity contribution < 1.29 is 19.1 Å². The summed E-state index contributed by atoms with van der Waals surface area (Å²) < 4.78 is 5.38. The molecule has 1 saturated heterocycles. The fourth-order valence-electron chi connectivity index (χ4n) is 4.98. The molecule has 0 bridgehead atoms. The zero-order valence-electron chi connectivity index (χ0n) is 20.9. The fourth-order valence-corrected chi connectivity index (χ4v) is 4.98. The van der Waals surface area contributed by atoms with Crippen molar-refractivity contribution in [1.29, 1.82) is 0 Å². The van der Waals surface area contributed by atoms with Crippen LogP contribution in [-0.2, 0) is 20.9 Å². The number of likely N-dealkylation sites (tertiary alicyclic amines) is 1. The topological polar surface area (TPSA) is 66.9 Å². The molecule has 6 heteroatoms. The first-order valence-corrected chi connectivity index (χ1v) is 12.5. The molecule has 0 N–H and O–H groups in total. The van der Waals surface area contributed by atoms with Gasteiger partial charge in [-0.3, -0.25) is 9.59 Å². The lowest BCUT2D eigenvalue weighted by atomic mass is 9.83. The molecule has 2 aliphatic heterocycles. The Morgan fingerprint density at radius 2 is 1.60 bits per heavy atom. The average Bonchev–Trinajstić information content (AvgIpc) is 2.87. The van der Waals surface area contributed by atoms with E-state index in [0.29, 0.717) is 23.4 Å². The molecule has 0 radical (unpaired) electrons. The fraction of sp³-hybridized carbons (Fsp3) is 0.414. The third-order valence-corrected chi connectivity index (χ3v) is 6.98. The van der Waals surface area contributed by atoms with E-state index in [1.54, 1.807) is 11.8 Å². The number of amides is 2.